The van der Waals surface area contributed by atoms with Crippen LogP contribution in [0.3, 0.4) is 0 Å². The molecule has 0 aliphatic carbocycles. The van der Waals surface area contributed by atoms with Gasteiger partial charge in [0.05, 0.1) is 27.0 Å². The van der Waals surface area contributed by atoms with E-state index in [0.717, 1.165) is 5.56 Å². The number of aromatic hydroxyl groups is 1. The second-order valence-electron chi connectivity index (χ2n) is 6.96. The third-order valence-electron chi connectivity index (χ3n) is 5.05. The predicted molar refractivity (Wildman–Crippen MR) is 123 cm³/mol. The van der Waals surface area contributed by atoms with Gasteiger partial charge in [0.1, 0.15) is 34.5 Å². The number of aliphatic imine (C=N–C) groups is 1. The molecule has 0 saturated carbocycles. The van der Waals surface area contributed by atoms with E-state index < -0.39 is 0 Å². The van der Waals surface area contributed by atoms with Crippen molar-refractivity contribution in [3.05, 3.63) is 83.6 Å². The number of benzene rings is 3. The highest BCUT2D eigenvalue weighted by atomic mass is 16.5. The van der Waals surface area contributed by atoms with Gasteiger partial charge in [-0.05, 0) is 66.7 Å². The van der Waals surface area contributed by atoms with E-state index in [1.807, 2.05) is 30.3 Å². The van der Waals surface area contributed by atoms with Crippen molar-refractivity contribution >= 4 is 23.5 Å². The Balaban J connectivity index is 1.81. The molecule has 1 heterocycles. The molecule has 0 fully saturated rings. The topological polar surface area (TPSA) is 80.6 Å². The first kappa shape index (κ1) is 21.0. The van der Waals surface area contributed by atoms with Gasteiger partial charge in [0, 0.05) is 17.2 Å². The minimum Gasteiger partial charge on any atom is -0.508 e. The van der Waals surface area contributed by atoms with Crippen LogP contribution in [0.4, 0.5) is 5.69 Å². The summed E-state index contributed by atoms with van der Waals surface area (Å²) in [6.07, 6.45) is 1.69. The largest absolute Gasteiger partial charge is 0.508 e. The summed E-state index contributed by atoms with van der Waals surface area (Å²) < 4.78 is 15.9. The second kappa shape index (κ2) is 8.85. The van der Waals surface area contributed by atoms with Crippen LogP contribution in [0.15, 0.2) is 77.4 Å². The number of hydrogen-bond donors (Lipinski definition) is 1. The van der Waals surface area contributed by atoms with Crippen LogP contribution in [-0.2, 0) is 4.79 Å². The number of carbonyl (C=O) groups is 1. The standard InChI is InChI=1S/C25H22N2O5/c1-30-20-11-4-16(5-12-20)24-26-22(14-17-6-13-21(31-2)15-23(17)32-3)25(29)27(24)18-7-9-19(28)10-8-18/h4-15,28H,1-3H3/b22-14+. The molecule has 0 aromatic heterocycles. The minimum atomic E-state index is -0.292. The van der Waals surface area contributed by atoms with Crippen molar-refractivity contribution in [1.29, 1.82) is 0 Å². The van der Waals surface area contributed by atoms with Gasteiger partial charge in [0.2, 0.25) is 0 Å². The lowest BCUT2D eigenvalue weighted by Gasteiger charge is -2.18. The molecule has 0 unspecified atom stereocenters. The van der Waals surface area contributed by atoms with Crippen molar-refractivity contribution in [2.24, 2.45) is 4.99 Å². The summed E-state index contributed by atoms with van der Waals surface area (Å²) in [7, 11) is 4.73. The molecule has 3 aromatic rings. The summed E-state index contributed by atoms with van der Waals surface area (Å²) >= 11 is 0. The summed E-state index contributed by atoms with van der Waals surface area (Å²) in [5.41, 5.74) is 2.29. The van der Waals surface area contributed by atoms with Crippen molar-refractivity contribution in [2.75, 3.05) is 26.2 Å². The number of phenolic OH excluding ortho intramolecular Hbond substituents is 1. The Kier molecular flexibility index (Phi) is 5.81. The number of methoxy groups -OCH3 is 3. The maximum Gasteiger partial charge on any atom is 0.282 e. The summed E-state index contributed by atoms with van der Waals surface area (Å²) in [5, 5.41) is 9.67. The highest BCUT2D eigenvalue weighted by Crippen LogP contribution is 2.32. The summed E-state index contributed by atoms with van der Waals surface area (Å²) in [6, 6.07) is 19.1. The molecule has 0 bridgehead atoms. The molecule has 7 nitrogen and oxygen atoms in total. The molecule has 7 heteroatoms. The van der Waals surface area contributed by atoms with Gasteiger partial charge >= 0.3 is 0 Å². The van der Waals surface area contributed by atoms with E-state index in [9.17, 15) is 9.90 Å². The fraction of sp³-hybridized carbons (Fsp3) is 0.120. The molecule has 1 aliphatic heterocycles. The molecule has 0 spiro atoms. The summed E-state index contributed by atoms with van der Waals surface area (Å²) in [6.45, 7) is 0. The molecular formula is C25H22N2O5. The number of rotatable bonds is 6. The lowest BCUT2D eigenvalue weighted by Crippen LogP contribution is -2.32. The van der Waals surface area contributed by atoms with Gasteiger partial charge in [-0.1, -0.05) is 0 Å². The van der Waals surface area contributed by atoms with Gasteiger partial charge in [0.15, 0.2) is 0 Å². The Morgan fingerprint density at radius 1 is 0.844 bits per heavy atom. The fourth-order valence-electron chi connectivity index (χ4n) is 3.38. The van der Waals surface area contributed by atoms with Gasteiger partial charge in [-0.25, -0.2) is 4.99 Å². The second-order valence-corrected chi connectivity index (χ2v) is 6.96. The van der Waals surface area contributed by atoms with E-state index in [4.69, 9.17) is 14.2 Å². The van der Waals surface area contributed by atoms with Crippen LogP contribution in [0, 0.1) is 0 Å². The Bertz CT molecular complexity index is 1200. The van der Waals surface area contributed by atoms with E-state index in [1.54, 1.807) is 51.7 Å². The quantitative estimate of drug-likeness (QED) is 0.592. The molecule has 162 valence electrons. The average Bonchev–Trinajstić information content (AvgIpc) is 3.15. The molecule has 0 saturated heterocycles. The van der Waals surface area contributed by atoms with Crippen molar-refractivity contribution < 1.29 is 24.1 Å². The average molecular weight is 430 g/mol. The molecule has 1 N–H and O–H groups in total. The SMILES string of the molecule is COc1ccc(C2=N/C(=C/c3ccc(OC)cc3OC)C(=O)N2c2ccc(O)cc2)cc1. The first-order valence-corrected chi connectivity index (χ1v) is 9.84. The van der Waals surface area contributed by atoms with Crippen LogP contribution < -0.4 is 19.1 Å². The lowest BCUT2D eigenvalue weighted by atomic mass is 10.1. The molecule has 32 heavy (non-hydrogen) atoms. The van der Waals surface area contributed by atoms with Crippen LogP contribution in [0.2, 0.25) is 0 Å². The summed E-state index contributed by atoms with van der Waals surface area (Å²) in [4.78, 5) is 19.6. The first-order valence-electron chi connectivity index (χ1n) is 9.84. The van der Waals surface area contributed by atoms with Gasteiger partial charge in [-0.2, -0.15) is 0 Å². The maximum absolute atomic E-state index is 13.4. The molecule has 0 radical (unpaired) electrons. The zero-order valence-electron chi connectivity index (χ0n) is 17.9. The highest BCUT2D eigenvalue weighted by Gasteiger charge is 2.32. The van der Waals surface area contributed by atoms with Crippen molar-refractivity contribution in [3.8, 4) is 23.0 Å². The van der Waals surface area contributed by atoms with E-state index in [-0.39, 0.29) is 17.4 Å². The van der Waals surface area contributed by atoms with Crippen LogP contribution >= 0.6 is 0 Å². The molecule has 1 aliphatic rings. The maximum atomic E-state index is 13.4. The van der Waals surface area contributed by atoms with Crippen molar-refractivity contribution in [2.45, 2.75) is 0 Å². The van der Waals surface area contributed by atoms with E-state index in [2.05, 4.69) is 4.99 Å². The van der Waals surface area contributed by atoms with E-state index in [1.165, 1.54) is 17.0 Å². The van der Waals surface area contributed by atoms with Gasteiger partial charge in [0.25, 0.3) is 5.91 Å². The van der Waals surface area contributed by atoms with Crippen LogP contribution in [0.1, 0.15) is 11.1 Å². The monoisotopic (exact) mass is 430 g/mol. The van der Waals surface area contributed by atoms with Crippen molar-refractivity contribution in [1.82, 2.24) is 0 Å². The predicted octanol–water partition coefficient (Wildman–Crippen LogP) is 4.25. The fourth-order valence-corrected chi connectivity index (χ4v) is 3.38. The van der Waals surface area contributed by atoms with Gasteiger partial charge in [-0.15, -0.1) is 0 Å². The smallest absolute Gasteiger partial charge is 0.282 e. The van der Waals surface area contributed by atoms with E-state index >= 15 is 0 Å². The zero-order valence-corrected chi connectivity index (χ0v) is 17.9. The number of nitrogens with zero attached hydrogens (tertiary/aromatic N) is 2. The minimum absolute atomic E-state index is 0.113. The number of amides is 1. The number of carbonyl (C=O) groups excluding carboxylic acids is 1. The van der Waals surface area contributed by atoms with Crippen LogP contribution in [0.5, 0.6) is 23.0 Å². The molecule has 1 amide bonds. The van der Waals surface area contributed by atoms with Crippen molar-refractivity contribution in [3.63, 3.8) is 0 Å². The first-order chi connectivity index (χ1) is 15.5. The Hall–Kier alpha value is -4.26. The molecule has 3 aromatic carbocycles. The normalized spacial score (nSPS) is 14.5. The number of anilines is 1. The zero-order chi connectivity index (χ0) is 22.7. The van der Waals surface area contributed by atoms with E-state index in [0.29, 0.717) is 34.3 Å². The van der Waals surface area contributed by atoms with Gasteiger partial charge < -0.3 is 19.3 Å². The van der Waals surface area contributed by atoms with Gasteiger partial charge in [-0.3, -0.25) is 9.69 Å². The Morgan fingerprint density at radius 3 is 2.12 bits per heavy atom. The number of ether oxygens (including phenoxy) is 3. The Labute approximate surface area is 185 Å². The summed E-state index contributed by atoms with van der Waals surface area (Å²) in [5.74, 6) is 2.21. The Morgan fingerprint density at radius 2 is 1.50 bits per heavy atom. The third-order valence-corrected chi connectivity index (χ3v) is 5.05. The number of phenols is 1. The van der Waals surface area contributed by atoms with Crippen LogP contribution in [-0.4, -0.2) is 38.2 Å². The number of amidine groups is 1. The third kappa shape index (κ3) is 4.00. The molecule has 4 rings (SSSR count). The van der Waals surface area contributed by atoms with Crippen LogP contribution in [0.25, 0.3) is 6.08 Å². The highest BCUT2D eigenvalue weighted by molar-refractivity contribution is 6.33. The number of hydrogen-bond acceptors (Lipinski definition) is 6. The lowest BCUT2D eigenvalue weighted by molar-refractivity contribution is -0.113. The molecule has 0 atom stereocenters. The molecular weight excluding hydrogens is 408 g/mol.